The standard InChI is InChI=1S/C18H18O4/c1-2-14-7-6-8-15(11-14)12-17(19)21-13-22-18(20)16-9-4-3-5-10-16/h3-11H,2,12-13H2,1H3. The number of hydrogen-bond acceptors (Lipinski definition) is 4. The van der Waals surface area contributed by atoms with Crippen molar-refractivity contribution in [3.05, 3.63) is 71.3 Å². The summed E-state index contributed by atoms with van der Waals surface area (Å²) >= 11 is 0. The van der Waals surface area contributed by atoms with E-state index in [-0.39, 0.29) is 13.2 Å². The van der Waals surface area contributed by atoms with E-state index in [1.54, 1.807) is 30.3 Å². The molecule has 4 heteroatoms. The topological polar surface area (TPSA) is 52.6 Å². The van der Waals surface area contributed by atoms with Gasteiger partial charge < -0.3 is 9.47 Å². The van der Waals surface area contributed by atoms with Gasteiger partial charge in [-0.3, -0.25) is 4.79 Å². The van der Waals surface area contributed by atoms with Gasteiger partial charge in [0.2, 0.25) is 6.79 Å². The molecular weight excluding hydrogens is 280 g/mol. The number of aryl methyl sites for hydroxylation is 1. The van der Waals surface area contributed by atoms with E-state index in [2.05, 4.69) is 6.92 Å². The van der Waals surface area contributed by atoms with Crippen LogP contribution in [0.5, 0.6) is 0 Å². The summed E-state index contributed by atoms with van der Waals surface area (Å²) in [6.45, 7) is 1.68. The van der Waals surface area contributed by atoms with E-state index in [0.717, 1.165) is 12.0 Å². The second-order valence-corrected chi connectivity index (χ2v) is 4.78. The highest BCUT2D eigenvalue weighted by atomic mass is 16.7. The fourth-order valence-electron chi connectivity index (χ4n) is 1.98. The Morgan fingerprint density at radius 2 is 1.64 bits per heavy atom. The molecule has 4 nitrogen and oxygen atoms in total. The van der Waals surface area contributed by atoms with E-state index in [0.29, 0.717) is 5.56 Å². The molecule has 0 heterocycles. The molecule has 2 rings (SSSR count). The van der Waals surface area contributed by atoms with E-state index in [1.807, 2.05) is 24.3 Å². The van der Waals surface area contributed by atoms with Crippen LogP contribution in [0.15, 0.2) is 54.6 Å². The van der Waals surface area contributed by atoms with Crippen LogP contribution in [0.3, 0.4) is 0 Å². The number of rotatable bonds is 6. The highest BCUT2D eigenvalue weighted by Crippen LogP contribution is 2.07. The third-order valence-corrected chi connectivity index (χ3v) is 3.17. The van der Waals surface area contributed by atoms with E-state index in [1.165, 1.54) is 5.56 Å². The molecule has 0 aromatic heterocycles. The summed E-state index contributed by atoms with van der Waals surface area (Å²) in [5.41, 5.74) is 2.48. The van der Waals surface area contributed by atoms with Crippen molar-refractivity contribution in [1.82, 2.24) is 0 Å². The van der Waals surface area contributed by atoms with Crippen molar-refractivity contribution in [2.45, 2.75) is 19.8 Å². The first-order valence-corrected chi connectivity index (χ1v) is 7.14. The van der Waals surface area contributed by atoms with Gasteiger partial charge in [0.05, 0.1) is 12.0 Å². The van der Waals surface area contributed by atoms with Crippen molar-refractivity contribution < 1.29 is 19.1 Å². The van der Waals surface area contributed by atoms with Crippen molar-refractivity contribution in [3.8, 4) is 0 Å². The van der Waals surface area contributed by atoms with Crippen LogP contribution in [0, 0.1) is 0 Å². The Labute approximate surface area is 129 Å². The van der Waals surface area contributed by atoms with Gasteiger partial charge in [0, 0.05) is 0 Å². The maximum atomic E-state index is 11.7. The molecule has 0 aliphatic carbocycles. The van der Waals surface area contributed by atoms with E-state index in [4.69, 9.17) is 9.47 Å². The Kier molecular flexibility index (Phi) is 5.72. The summed E-state index contributed by atoms with van der Waals surface area (Å²) < 4.78 is 9.83. The van der Waals surface area contributed by atoms with Crippen LogP contribution >= 0.6 is 0 Å². The lowest BCUT2D eigenvalue weighted by atomic mass is 10.1. The number of carbonyl (C=O) groups is 2. The smallest absolute Gasteiger partial charge is 0.340 e. The van der Waals surface area contributed by atoms with E-state index >= 15 is 0 Å². The van der Waals surface area contributed by atoms with Crippen LogP contribution in [-0.2, 0) is 27.1 Å². The Balaban J connectivity index is 1.77. The number of carbonyl (C=O) groups excluding carboxylic acids is 2. The number of benzene rings is 2. The minimum absolute atomic E-state index is 0.163. The summed E-state index contributed by atoms with van der Waals surface area (Å²) in [7, 11) is 0. The number of esters is 2. The summed E-state index contributed by atoms with van der Waals surface area (Å²) in [5, 5.41) is 0. The molecule has 0 saturated heterocycles. The highest BCUT2D eigenvalue weighted by molar-refractivity contribution is 5.89. The fraction of sp³-hybridized carbons (Fsp3) is 0.222. The average Bonchev–Trinajstić information content (AvgIpc) is 2.55. The van der Waals surface area contributed by atoms with Crippen molar-refractivity contribution in [2.75, 3.05) is 6.79 Å². The largest absolute Gasteiger partial charge is 0.428 e. The van der Waals surface area contributed by atoms with Crippen molar-refractivity contribution >= 4 is 11.9 Å². The van der Waals surface area contributed by atoms with E-state index in [9.17, 15) is 9.59 Å². The molecule has 2 aromatic rings. The first kappa shape index (κ1) is 15.8. The molecular formula is C18H18O4. The minimum atomic E-state index is -0.513. The van der Waals surface area contributed by atoms with Crippen LogP contribution in [0.25, 0.3) is 0 Å². The van der Waals surface area contributed by atoms with Crippen LogP contribution in [-0.4, -0.2) is 18.7 Å². The molecule has 0 saturated carbocycles. The molecule has 2 aromatic carbocycles. The van der Waals surface area contributed by atoms with Gasteiger partial charge >= 0.3 is 11.9 Å². The molecule has 0 N–H and O–H groups in total. The Morgan fingerprint density at radius 3 is 2.36 bits per heavy atom. The lowest BCUT2D eigenvalue weighted by Crippen LogP contribution is -2.14. The van der Waals surface area contributed by atoms with Crippen molar-refractivity contribution in [2.24, 2.45) is 0 Å². The third kappa shape index (κ3) is 4.74. The van der Waals surface area contributed by atoms with Gasteiger partial charge in [0.25, 0.3) is 0 Å². The monoisotopic (exact) mass is 298 g/mol. The maximum Gasteiger partial charge on any atom is 0.340 e. The van der Waals surface area contributed by atoms with Crippen LogP contribution in [0.2, 0.25) is 0 Å². The average molecular weight is 298 g/mol. The summed E-state index contributed by atoms with van der Waals surface area (Å²) in [5.74, 6) is -0.935. The SMILES string of the molecule is CCc1cccc(CC(=O)OCOC(=O)c2ccccc2)c1. The van der Waals surface area contributed by atoms with Crippen molar-refractivity contribution in [3.63, 3.8) is 0 Å². The van der Waals surface area contributed by atoms with Gasteiger partial charge in [-0.2, -0.15) is 0 Å². The lowest BCUT2D eigenvalue weighted by Gasteiger charge is -2.07. The number of ether oxygens (including phenoxy) is 2. The molecule has 0 fully saturated rings. The molecule has 0 bridgehead atoms. The van der Waals surface area contributed by atoms with Crippen LogP contribution in [0.4, 0.5) is 0 Å². The molecule has 0 atom stereocenters. The van der Waals surface area contributed by atoms with Gasteiger partial charge in [-0.15, -0.1) is 0 Å². The third-order valence-electron chi connectivity index (χ3n) is 3.17. The molecule has 114 valence electrons. The second kappa shape index (κ2) is 7.98. The predicted octanol–water partition coefficient (Wildman–Crippen LogP) is 3.15. The Bertz CT molecular complexity index is 635. The minimum Gasteiger partial charge on any atom is -0.428 e. The molecule has 22 heavy (non-hydrogen) atoms. The van der Waals surface area contributed by atoms with Gasteiger partial charge in [0.15, 0.2) is 0 Å². The quantitative estimate of drug-likeness (QED) is 0.607. The van der Waals surface area contributed by atoms with E-state index < -0.39 is 11.9 Å². The molecule has 0 aliphatic rings. The molecule has 0 amide bonds. The fourth-order valence-corrected chi connectivity index (χ4v) is 1.98. The van der Waals surface area contributed by atoms with Crippen molar-refractivity contribution in [1.29, 1.82) is 0 Å². The first-order valence-electron chi connectivity index (χ1n) is 7.14. The van der Waals surface area contributed by atoms with Gasteiger partial charge in [-0.05, 0) is 29.7 Å². The Morgan fingerprint density at radius 1 is 0.909 bits per heavy atom. The zero-order chi connectivity index (χ0) is 15.8. The lowest BCUT2D eigenvalue weighted by molar-refractivity contribution is -0.151. The molecule has 0 aliphatic heterocycles. The van der Waals surface area contributed by atoms with Crippen LogP contribution < -0.4 is 0 Å². The zero-order valence-corrected chi connectivity index (χ0v) is 12.5. The number of hydrogen-bond donors (Lipinski definition) is 0. The maximum absolute atomic E-state index is 11.7. The first-order chi connectivity index (χ1) is 10.7. The molecule has 0 radical (unpaired) electrons. The van der Waals surface area contributed by atoms with Gasteiger partial charge in [0.1, 0.15) is 0 Å². The Hall–Kier alpha value is -2.62. The summed E-state index contributed by atoms with van der Waals surface area (Å²) in [4.78, 5) is 23.4. The zero-order valence-electron chi connectivity index (χ0n) is 12.5. The molecule has 0 spiro atoms. The van der Waals surface area contributed by atoms with Gasteiger partial charge in [-0.1, -0.05) is 49.4 Å². The second-order valence-electron chi connectivity index (χ2n) is 4.78. The molecule has 0 unspecified atom stereocenters. The predicted molar refractivity (Wildman–Crippen MR) is 82.3 cm³/mol. The normalized spacial score (nSPS) is 10.0. The summed E-state index contributed by atoms with van der Waals surface area (Å²) in [6, 6.07) is 16.3. The van der Waals surface area contributed by atoms with Gasteiger partial charge in [-0.25, -0.2) is 4.79 Å². The summed E-state index contributed by atoms with van der Waals surface area (Å²) in [6.07, 6.45) is 1.08. The highest BCUT2D eigenvalue weighted by Gasteiger charge is 2.09. The van der Waals surface area contributed by atoms with Crippen LogP contribution in [0.1, 0.15) is 28.4 Å².